The number of hydrogen-bond acceptors (Lipinski definition) is 2. The number of amides is 1. The molecule has 1 unspecified atom stereocenters. The van der Waals surface area contributed by atoms with E-state index < -0.39 is 17.9 Å². The van der Waals surface area contributed by atoms with Crippen molar-refractivity contribution in [1.29, 1.82) is 0 Å². The van der Waals surface area contributed by atoms with Crippen LogP contribution in [0, 0.1) is 0 Å². The molecule has 6 heteroatoms. The Hall–Kier alpha value is -3.28. The van der Waals surface area contributed by atoms with Gasteiger partial charge in [0.15, 0.2) is 0 Å². The largest absolute Gasteiger partial charge is 0.416 e. The number of rotatable bonds is 4. The highest BCUT2D eigenvalue weighted by Crippen LogP contribution is 2.37. The fourth-order valence-electron chi connectivity index (χ4n) is 3.41. The van der Waals surface area contributed by atoms with Gasteiger partial charge in [-0.05, 0) is 29.8 Å². The van der Waals surface area contributed by atoms with E-state index in [4.69, 9.17) is 0 Å². The van der Waals surface area contributed by atoms with E-state index in [-0.39, 0.29) is 5.91 Å². The second kappa shape index (κ2) is 7.03. The van der Waals surface area contributed by atoms with Crippen molar-refractivity contribution in [3.8, 4) is 0 Å². The third-order valence-electron chi connectivity index (χ3n) is 4.75. The molecule has 0 spiro atoms. The first-order chi connectivity index (χ1) is 13.4. The van der Waals surface area contributed by atoms with Gasteiger partial charge >= 0.3 is 6.18 Å². The molecule has 3 aromatic carbocycles. The number of carbonyl (C=O) groups is 1. The summed E-state index contributed by atoms with van der Waals surface area (Å²) in [5.41, 5.74) is 1.83. The predicted octanol–water partition coefficient (Wildman–Crippen LogP) is 5.47. The van der Waals surface area contributed by atoms with Crippen molar-refractivity contribution in [2.24, 2.45) is 0 Å². The molecule has 1 N–H and O–H groups in total. The van der Waals surface area contributed by atoms with Gasteiger partial charge in [-0.2, -0.15) is 13.2 Å². The summed E-state index contributed by atoms with van der Waals surface area (Å²) in [6.45, 7) is 0.352. The maximum absolute atomic E-state index is 13.1. The van der Waals surface area contributed by atoms with Crippen molar-refractivity contribution in [3.05, 3.63) is 101 Å². The Morgan fingerprint density at radius 2 is 1.61 bits per heavy atom. The lowest BCUT2D eigenvalue weighted by molar-refractivity contribution is -0.137. The van der Waals surface area contributed by atoms with Gasteiger partial charge in [0.1, 0.15) is 6.17 Å². The Bertz CT molecular complexity index is 1000. The van der Waals surface area contributed by atoms with Gasteiger partial charge in [-0.15, -0.1) is 0 Å². The highest BCUT2D eigenvalue weighted by Gasteiger charge is 2.37. The van der Waals surface area contributed by atoms with Crippen LogP contribution in [0.1, 0.15) is 33.2 Å². The number of halogens is 3. The van der Waals surface area contributed by atoms with Crippen molar-refractivity contribution in [3.63, 3.8) is 0 Å². The van der Waals surface area contributed by atoms with Crippen molar-refractivity contribution in [2.45, 2.75) is 18.9 Å². The minimum Gasteiger partial charge on any atom is -0.361 e. The summed E-state index contributed by atoms with van der Waals surface area (Å²) in [7, 11) is 0. The average molecular weight is 382 g/mol. The number of benzene rings is 3. The van der Waals surface area contributed by atoms with Crippen molar-refractivity contribution >= 4 is 11.6 Å². The molecule has 4 rings (SSSR count). The van der Waals surface area contributed by atoms with E-state index in [9.17, 15) is 18.0 Å². The Balaban J connectivity index is 1.69. The van der Waals surface area contributed by atoms with Crippen molar-refractivity contribution in [2.75, 3.05) is 5.32 Å². The van der Waals surface area contributed by atoms with E-state index in [2.05, 4.69) is 5.32 Å². The van der Waals surface area contributed by atoms with Gasteiger partial charge < -0.3 is 10.2 Å². The number of anilines is 1. The molecular formula is C22H17F3N2O. The molecule has 0 bridgehead atoms. The lowest BCUT2D eigenvalue weighted by atomic mass is 10.1. The molecule has 3 nitrogen and oxygen atoms in total. The smallest absolute Gasteiger partial charge is 0.361 e. The van der Waals surface area contributed by atoms with Gasteiger partial charge in [-0.25, -0.2) is 0 Å². The number of alkyl halides is 3. The maximum Gasteiger partial charge on any atom is 0.416 e. The zero-order valence-electron chi connectivity index (χ0n) is 14.8. The van der Waals surface area contributed by atoms with Crippen LogP contribution in [0.5, 0.6) is 0 Å². The highest BCUT2D eigenvalue weighted by atomic mass is 19.4. The molecule has 142 valence electrons. The number of fused-ring (bicyclic) bond motifs is 1. The molecule has 0 saturated heterocycles. The first-order valence-corrected chi connectivity index (χ1v) is 8.81. The number of nitrogens with zero attached hydrogens (tertiary/aromatic N) is 1. The van der Waals surface area contributed by atoms with E-state index >= 15 is 0 Å². The quantitative estimate of drug-likeness (QED) is 0.649. The Kier molecular flexibility index (Phi) is 4.55. The van der Waals surface area contributed by atoms with Gasteiger partial charge in [-0.1, -0.05) is 54.6 Å². The average Bonchev–Trinajstić information content (AvgIpc) is 2.95. The fourth-order valence-corrected chi connectivity index (χ4v) is 3.41. The molecule has 0 radical (unpaired) electrons. The molecule has 0 aliphatic carbocycles. The predicted molar refractivity (Wildman–Crippen MR) is 101 cm³/mol. The molecule has 0 aromatic heterocycles. The van der Waals surface area contributed by atoms with E-state index in [1.807, 2.05) is 42.5 Å². The van der Waals surface area contributed by atoms with Gasteiger partial charge in [0, 0.05) is 23.4 Å². The van der Waals surface area contributed by atoms with E-state index in [0.29, 0.717) is 17.8 Å². The topological polar surface area (TPSA) is 32.3 Å². The minimum absolute atomic E-state index is 0.149. The van der Waals surface area contributed by atoms with E-state index in [0.717, 1.165) is 23.3 Å². The highest BCUT2D eigenvalue weighted by molar-refractivity contribution is 5.99. The summed E-state index contributed by atoms with van der Waals surface area (Å²) < 4.78 is 39.2. The summed E-state index contributed by atoms with van der Waals surface area (Å²) in [6, 6.07) is 21.7. The fraction of sp³-hybridized carbons (Fsp3) is 0.136. The minimum atomic E-state index is -4.43. The number of nitrogens with one attached hydrogen (secondary N) is 1. The molecule has 3 aromatic rings. The Morgan fingerprint density at radius 3 is 2.36 bits per heavy atom. The first-order valence-electron chi connectivity index (χ1n) is 8.81. The molecule has 28 heavy (non-hydrogen) atoms. The molecule has 1 aliphatic rings. The monoisotopic (exact) mass is 382 g/mol. The molecule has 1 atom stereocenters. The first kappa shape index (κ1) is 18.1. The molecule has 1 amide bonds. The normalized spacial score (nSPS) is 16.2. The maximum atomic E-state index is 13.1. The second-order valence-electron chi connectivity index (χ2n) is 6.63. The van der Waals surface area contributed by atoms with Crippen molar-refractivity contribution < 1.29 is 18.0 Å². The third-order valence-corrected chi connectivity index (χ3v) is 4.75. The summed E-state index contributed by atoms with van der Waals surface area (Å²) >= 11 is 0. The molecular weight excluding hydrogens is 365 g/mol. The Morgan fingerprint density at radius 1 is 0.893 bits per heavy atom. The zero-order valence-corrected chi connectivity index (χ0v) is 14.8. The molecule has 1 heterocycles. The van der Waals surface area contributed by atoms with Crippen LogP contribution < -0.4 is 5.32 Å². The number of carbonyl (C=O) groups excluding carboxylic acids is 1. The van der Waals surface area contributed by atoms with Gasteiger partial charge in [-0.3, -0.25) is 4.79 Å². The molecule has 0 fully saturated rings. The lowest BCUT2D eigenvalue weighted by Gasteiger charge is -2.27. The molecule has 1 aliphatic heterocycles. The van der Waals surface area contributed by atoms with Crippen LogP contribution in [0.25, 0.3) is 0 Å². The summed E-state index contributed by atoms with van der Waals surface area (Å²) in [4.78, 5) is 14.6. The van der Waals surface area contributed by atoms with Gasteiger partial charge in [0.25, 0.3) is 5.91 Å². The van der Waals surface area contributed by atoms with Crippen LogP contribution in [0.4, 0.5) is 18.9 Å². The van der Waals surface area contributed by atoms with Crippen LogP contribution in [-0.2, 0) is 12.7 Å². The second-order valence-corrected chi connectivity index (χ2v) is 6.63. The van der Waals surface area contributed by atoms with Crippen LogP contribution in [0.3, 0.4) is 0 Å². The van der Waals surface area contributed by atoms with E-state index in [1.54, 1.807) is 23.1 Å². The van der Waals surface area contributed by atoms with Crippen LogP contribution in [0.2, 0.25) is 0 Å². The number of hydrogen-bond donors (Lipinski definition) is 1. The van der Waals surface area contributed by atoms with E-state index in [1.165, 1.54) is 6.07 Å². The van der Waals surface area contributed by atoms with Crippen molar-refractivity contribution in [1.82, 2.24) is 4.90 Å². The van der Waals surface area contributed by atoms with Gasteiger partial charge in [0.05, 0.1) is 5.56 Å². The third kappa shape index (κ3) is 3.45. The van der Waals surface area contributed by atoms with Crippen LogP contribution >= 0.6 is 0 Å². The summed E-state index contributed by atoms with van der Waals surface area (Å²) in [5.74, 6) is -0.149. The summed E-state index contributed by atoms with van der Waals surface area (Å²) in [6.07, 6.45) is -4.97. The molecule has 0 saturated carbocycles. The SMILES string of the molecule is O=C1c2ccccc2C(Nc2cccc(C(F)(F)F)c2)N1Cc1ccccc1. The lowest BCUT2D eigenvalue weighted by Crippen LogP contribution is -2.31. The van der Waals surface area contributed by atoms with Crippen LogP contribution in [0.15, 0.2) is 78.9 Å². The Labute approximate surface area is 160 Å². The summed E-state index contributed by atoms with van der Waals surface area (Å²) in [5, 5.41) is 3.12. The van der Waals surface area contributed by atoms with Gasteiger partial charge in [0.2, 0.25) is 0 Å². The zero-order chi connectivity index (χ0) is 19.7. The standard InChI is InChI=1S/C22H17F3N2O/c23-22(24,25)16-9-6-10-17(13-16)26-20-18-11-4-5-12-19(18)21(28)27(20)14-15-7-2-1-3-8-15/h1-13,20,26H,14H2. The van der Waals surface area contributed by atoms with Crippen LogP contribution in [-0.4, -0.2) is 10.8 Å².